The Morgan fingerprint density at radius 3 is 2.00 bits per heavy atom. The summed E-state index contributed by atoms with van der Waals surface area (Å²) < 4.78 is 43.6. The number of alkyl halides is 3. The molecule has 0 aliphatic carbocycles. The number of carboxylic acid groups (broad SMARTS) is 1. The molecule has 0 aliphatic rings. The zero-order valence-corrected chi connectivity index (χ0v) is 12.4. The first-order valence-electron chi connectivity index (χ1n) is 5.73. The lowest BCUT2D eigenvalue weighted by atomic mass is 10.2. The van der Waals surface area contributed by atoms with Gasteiger partial charge in [0.05, 0.1) is 0 Å². The van der Waals surface area contributed by atoms with Gasteiger partial charge in [0.15, 0.2) is 8.32 Å². The van der Waals surface area contributed by atoms with Crippen LogP contribution in [0.25, 0.3) is 0 Å². The molecule has 1 unspecified atom stereocenters. The summed E-state index contributed by atoms with van der Waals surface area (Å²) in [5, 5.41) is 8.13. The van der Waals surface area contributed by atoms with Gasteiger partial charge in [0.2, 0.25) is 0 Å². The smallest absolute Gasteiger partial charge is 0.413 e. The number of carboxylic acids is 1. The van der Waals surface area contributed by atoms with Gasteiger partial charge in [0.1, 0.15) is 6.10 Å². The van der Waals surface area contributed by atoms with Crippen molar-refractivity contribution in [2.75, 3.05) is 0 Å². The molecular weight excluding hydrogens is 265 g/mol. The van der Waals surface area contributed by atoms with Crippen molar-refractivity contribution in [1.29, 1.82) is 0 Å². The Morgan fingerprint density at radius 1 is 1.28 bits per heavy atom. The van der Waals surface area contributed by atoms with E-state index in [-0.39, 0.29) is 5.04 Å². The van der Waals surface area contributed by atoms with Gasteiger partial charge < -0.3 is 9.53 Å². The quantitative estimate of drug-likeness (QED) is 0.782. The average molecular weight is 286 g/mol. The van der Waals surface area contributed by atoms with Crippen molar-refractivity contribution in [1.82, 2.24) is 0 Å². The summed E-state index contributed by atoms with van der Waals surface area (Å²) >= 11 is 0. The molecular formula is C11H21F3O3Si. The summed E-state index contributed by atoms with van der Waals surface area (Å²) in [6, 6.07) is 0. The van der Waals surface area contributed by atoms with Crippen LogP contribution in [-0.2, 0) is 9.22 Å². The van der Waals surface area contributed by atoms with Crippen LogP contribution < -0.4 is 0 Å². The standard InChI is InChI=1S/C11H21F3O3Si/c1-10(2,3)18(4,5)17-8(11(12,13)14)6-7-9(15)16/h8H,6-7H2,1-5H3,(H,15,16). The van der Waals surface area contributed by atoms with Crippen LogP contribution in [0, 0.1) is 0 Å². The van der Waals surface area contributed by atoms with E-state index < -0.39 is 39.4 Å². The van der Waals surface area contributed by atoms with Crippen LogP contribution in [-0.4, -0.2) is 31.7 Å². The molecule has 0 aliphatic heterocycles. The highest BCUT2D eigenvalue weighted by atomic mass is 28.4. The molecule has 0 aromatic heterocycles. The molecule has 0 fully saturated rings. The van der Waals surface area contributed by atoms with Gasteiger partial charge in [-0.05, 0) is 24.6 Å². The van der Waals surface area contributed by atoms with E-state index >= 15 is 0 Å². The van der Waals surface area contributed by atoms with Gasteiger partial charge in [-0.2, -0.15) is 13.2 Å². The Bertz CT molecular complexity index is 295. The number of hydrogen-bond acceptors (Lipinski definition) is 2. The fourth-order valence-corrected chi connectivity index (χ4v) is 2.39. The zero-order chi connectivity index (χ0) is 14.8. The van der Waals surface area contributed by atoms with Crippen molar-refractivity contribution in [3.8, 4) is 0 Å². The van der Waals surface area contributed by atoms with E-state index in [9.17, 15) is 18.0 Å². The summed E-state index contributed by atoms with van der Waals surface area (Å²) in [6.45, 7) is 8.94. The largest absolute Gasteiger partial charge is 0.481 e. The van der Waals surface area contributed by atoms with Gasteiger partial charge in [-0.15, -0.1) is 0 Å². The molecule has 0 aromatic rings. The van der Waals surface area contributed by atoms with Crippen molar-refractivity contribution >= 4 is 14.3 Å². The lowest BCUT2D eigenvalue weighted by Crippen LogP contribution is -2.48. The molecule has 18 heavy (non-hydrogen) atoms. The van der Waals surface area contributed by atoms with Gasteiger partial charge in [-0.1, -0.05) is 20.8 Å². The van der Waals surface area contributed by atoms with E-state index in [0.29, 0.717) is 0 Å². The molecule has 0 spiro atoms. The monoisotopic (exact) mass is 286 g/mol. The molecule has 0 bridgehead atoms. The van der Waals surface area contributed by atoms with Gasteiger partial charge in [-0.25, -0.2) is 0 Å². The van der Waals surface area contributed by atoms with Crippen molar-refractivity contribution in [3.05, 3.63) is 0 Å². The van der Waals surface area contributed by atoms with Crippen molar-refractivity contribution in [2.24, 2.45) is 0 Å². The molecule has 7 heteroatoms. The molecule has 0 heterocycles. The summed E-state index contributed by atoms with van der Waals surface area (Å²) in [7, 11) is -2.56. The predicted octanol–water partition coefficient (Wildman–Crippen LogP) is 3.80. The molecule has 0 rings (SSSR count). The maximum atomic E-state index is 12.8. The number of aliphatic carboxylic acids is 1. The fraction of sp³-hybridized carbons (Fsp3) is 0.909. The Balaban J connectivity index is 4.86. The number of halogens is 3. The van der Waals surface area contributed by atoms with Crippen molar-refractivity contribution in [3.63, 3.8) is 0 Å². The van der Waals surface area contributed by atoms with Gasteiger partial charge in [-0.3, -0.25) is 4.79 Å². The Labute approximate surface area is 106 Å². The predicted molar refractivity (Wildman–Crippen MR) is 65.0 cm³/mol. The molecule has 0 saturated heterocycles. The molecule has 108 valence electrons. The Kier molecular flexibility index (Phi) is 5.43. The second-order valence-corrected chi connectivity index (χ2v) is 10.6. The van der Waals surface area contributed by atoms with E-state index in [1.807, 2.05) is 20.8 Å². The highest BCUT2D eigenvalue weighted by molar-refractivity contribution is 6.74. The topological polar surface area (TPSA) is 46.5 Å². The summed E-state index contributed by atoms with van der Waals surface area (Å²) in [6.07, 6.45) is -7.59. The number of hydrogen-bond donors (Lipinski definition) is 1. The molecule has 3 nitrogen and oxygen atoms in total. The van der Waals surface area contributed by atoms with Crippen LogP contribution in [0.5, 0.6) is 0 Å². The summed E-state index contributed by atoms with van der Waals surface area (Å²) in [5.74, 6) is -1.25. The first-order chi connectivity index (χ1) is 7.77. The van der Waals surface area contributed by atoms with Gasteiger partial charge >= 0.3 is 12.1 Å². The van der Waals surface area contributed by atoms with E-state index in [1.54, 1.807) is 13.1 Å². The molecule has 0 saturated carbocycles. The van der Waals surface area contributed by atoms with Crippen LogP contribution in [0.15, 0.2) is 0 Å². The lowest BCUT2D eigenvalue weighted by Gasteiger charge is -2.39. The molecule has 1 atom stereocenters. The third-order valence-electron chi connectivity index (χ3n) is 3.23. The summed E-state index contributed by atoms with van der Waals surface area (Å²) in [4.78, 5) is 10.4. The maximum absolute atomic E-state index is 12.8. The highest BCUT2D eigenvalue weighted by Crippen LogP contribution is 2.40. The Morgan fingerprint density at radius 2 is 1.72 bits per heavy atom. The van der Waals surface area contributed by atoms with Crippen LogP contribution in [0.2, 0.25) is 18.1 Å². The third-order valence-corrected chi connectivity index (χ3v) is 7.71. The van der Waals surface area contributed by atoms with Gasteiger partial charge in [0, 0.05) is 6.42 Å². The normalized spacial score (nSPS) is 15.6. The highest BCUT2D eigenvalue weighted by Gasteiger charge is 2.47. The van der Waals surface area contributed by atoms with Crippen LogP contribution in [0.1, 0.15) is 33.6 Å². The number of carbonyl (C=O) groups is 1. The average Bonchev–Trinajstić information content (AvgIpc) is 2.07. The minimum Gasteiger partial charge on any atom is -0.481 e. The minimum atomic E-state index is -4.52. The summed E-state index contributed by atoms with van der Waals surface area (Å²) in [5.41, 5.74) is 0. The van der Waals surface area contributed by atoms with Crippen LogP contribution in [0.4, 0.5) is 13.2 Å². The number of rotatable bonds is 5. The fourth-order valence-electron chi connectivity index (χ4n) is 1.08. The minimum absolute atomic E-state index is 0.347. The van der Waals surface area contributed by atoms with Gasteiger partial charge in [0.25, 0.3) is 0 Å². The molecule has 1 N–H and O–H groups in total. The lowest BCUT2D eigenvalue weighted by molar-refractivity contribution is -0.200. The van der Waals surface area contributed by atoms with E-state index in [0.717, 1.165) is 0 Å². The van der Waals surface area contributed by atoms with Crippen molar-refractivity contribution in [2.45, 2.75) is 64.0 Å². The molecule has 0 amide bonds. The van der Waals surface area contributed by atoms with Crippen LogP contribution in [0.3, 0.4) is 0 Å². The maximum Gasteiger partial charge on any atom is 0.413 e. The SMILES string of the molecule is CC(C)(C)[Si](C)(C)OC(CCC(=O)O)C(F)(F)F. The second kappa shape index (κ2) is 5.60. The van der Waals surface area contributed by atoms with E-state index in [1.165, 1.54) is 0 Å². The van der Waals surface area contributed by atoms with Crippen LogP contribution >= 0.6 is 0 Å². The van der Waals surface area contributed by atoms with E-state index in [4.69, 9.17) is 9.53 Å². The molecule has 0 radical (unpaired) electrons. The third kappa shape index (κ3) is 5.39. The molecule has 0 aromatic carbocycles. The second-order valence-electron chi connectivity index (χ2n) is 5.84. The van der Waals surface area contributed by atoms with Crippen molar-refractivity contribution < 1.29 is 27.5 Å². The zero-order valence-electron chi connectivity index (χ0n) is 11.4. The Hall–Kier alpha value is -0.563. The first kappa shape index (κ1) is 17.4. The first-order valence-corrected chi connectivity index (χ1v) is 8.64. The van der Waals surface area contributed by atoms with E-state index in [2.05, 4.69) is 0 Å².